The number of hydrogen-bond donors (Lipinski definition) is 0. The Kier molecular flexibility index (Phi) is 4.31. The Morgan fingerprint density at radius 1 is 1.04 bits per heavy atom. The number of hydrogen-bond acceptors (Lipinski definition) is 1. The van der Waals surface area contributed by atoms with E-state index < -0.39 is 0 Å². The minimum absolute atomic E-state index is 0.120. The fraction of sp³-hybridized carbons (Fsp3) is 0.318. The summed E-state index contributed by atoms with van der Waals surface area (Å²) in [6, 6.07) is 18.3. The molecule has 0 bridgehead atoms. The maximum atomic E-state index is 13.5. The van der Waals surface area contributed by atoms with Crippen molar-refractivity contribution in [1.29, 1.82) is 0 Å². The Morgan fingerprint density at radius 3 is 2.33 bits per heavy atom. The summed E-state index contributed by atoms with van der Waals surface area (Å²) in [7, 11) is 0. The van der Waals surface area contributed by atoms with Crippen LogP contribution in [0.3, 0.4) is 0 Å². The van der Waals surface area contributed by atoms with E-state index in [1.54, 1.807) is 0 Å². The van der Waals surface area contributed by atoms with Gasteiger partial charge in [-0.1, -0.05) is 61.5 Å². The summed E-state index contributed by atoms with van der Waals surface area (Å²) in [6.45, 7) is 8.43. The number of benzene rings is 2. The number of amides is 1. The van der Waals surface area contributed by atoms with Crippen LogP contribution in [0.2, 0.25) is 0 Å². The second kappa shape index (κ2) is 6.27. The first-order valence-corrected chi connectivity index (χ1v) is 8.63. The Hall–Kier alpha value is -2.35. The molecule has 1 atom stereocenters. The number of carbonyl (C=O) groups is 1. The third-order valence-electron chi connectivity index (χ3n) is 4.84. The maximum Gasteiger partial charge on any atom is 0.235 e. The molecule has 2 aromatic rings. The van der Waals surface area contributed by atoms with Crippen molar-refractivity contribution >= 4 is 17.2 Å². The van der Waals surface area contributed by atoms with Gasteiger partial charge in [-0.25, -0.2) is 0 Å². The second-order valence-electron chi connectivity index (χ2n) is 7.04. The van der Waals surface area contributed by atoms with Gasteiger partial charge in [0.15, 0.2) is 0 Å². The number of allylic oxidation sites excluding steroid dienone is 1. The van der Waals surface area contributed by atoms with Crippen molar-refractivity contribution in [2.24, 2.45) is 0 Å². The molecular formula is C22H25NO. The fourth-order valence-corrected chi connectivity index (χ4v) is 3.78. The Morgan fingerprint density at radius 2 is 1.67 bits per heavy atom. The van der Waals surface area contributed by atoms with E-state index in [1.165, 1.54) is 5.57 Å². The molecule has 1 unspecified atom stereocenters. The van der Waals surface area contributed by atoms with Crippen molar-refractivity contribution in [1.82, 2.24) is 0 Å². The van der Waals surface area contributed by atoms with Gasteiger partial charge in [0, 0.05) is 5.56 Å². The van der Waals surface area contributed by atoms with Crippen LogP contribution in [-0.2, 0) is 4.79 Å². The molecule has 1 amide bonds. The third-order valence-corrected chi connectivity index (χ3v) is 4.84. The molecule has 124 valence electrons. The highest BCUT2D eigenvalue weighted by Gasteiger charge is 2.38. The highest BCUT2D eigenvalue weighted by atomic mass is 16.2. The Balaban J connectivity index is 2.08. The van der Waals surface area contributed by atoms with E-state index >= 15 is 0 Å². The molecule has 2 nitrogen and oxygen atoms in total. The van der Waals surface area contributed by atoms with E-state index in [0.717, 1.165) is 23.2 Å². The van der Waals surface area contributed by atoms with Gasteiger partial charge in [-0.3, -0.25) is 4.79 Å². The monoisotopic (exact) mass is 319 g/mol. The van der Waals surface area contributed by atoms with Gasteiger partial charge in [-0.15, -0.1) is 0 Å². The summed E-state index contributed by atoms with van der Waals surface area (Å²) in [4.78, 5) is 15.5. The molecule has 2 heteroatoms. The zero-order valence-electron chi connectivity index (χ0n) is 14.9. The van der Waals surface area contributed by atoms with Gasteiger partial charge in [0.25, 0.3) is 0 Å². The lowest BCUT2D eigenvalue weighted by Crippen LogP contribution is -2.50. The van der Waals surface area contributed by atoms with Crippen molar-refractivity contribution in [2.45, 2.75) is 45.6 Å². The van der Waals surface area contributed by atoms with Crippen molar-refractivity contribution < 1.29 is 4.79 Å². The molecular weight excluding hydrogens is 294 g/mol. The number of fused-ring (bicyclic) bond motifs is 1. The highest BCUT2D eigenvalue weighted by molar-refractivity contribution is 6.03. The van der Waals surface area contributed by atoms with Gasteiger partial charge < -0.3 is 4.90 Å². The van der Waals surface area contributed by atoms with E-state index in [-0.39, 0.29) is 17.4 Å². The van der Waals surface area contributed by atoms with Gasteiger partial charge in [-0.05, 0) is 44.4 Å². The lowest BCUT2D eigenvalue weighted by atomic mass is 9.86. The van der Waals surface area contributed by atoms with Gasteiger partial charge in [0.1, 0.15) is 0 Å². The molecule has 1 heterocycles. The number of anilines is 1. The summed E-state index contributed by atoms with van der Waals surface area (Å²) in [5.74, 6) is 0.0511. The normalized spacial score (nSPS) is 17.0. The first-order valence-electron chi connectivity index (χ1n) is 8.63. The van der Waals surface area contributed by atoms with E-state index in [4.69, 9.17) is 0 Å². The average molecular weight is 319 g/mol. The van der Waals surface area contributed by atoms with Crippen LogP contribution in [0.1, 0.15) is 51.2 Å². The van der Waals surface area contributed by atoms with E-state index in [0.29, 0.717) is 0 Å². The molecule has 0 fully saturated rings. The SMILES string of the molecule is CCC(C(=O)N1c2ccccc2C(C)=CC1(C)C)c1ccccc1. The number of para-hydroxylation sites is 1. The Bertz CT molecular complexity index is 774. The van der Waals surface area contributed by atoms with E-state index in [2.05, 4.69) is 58.0 Å². The van der Waals surface area contributed by atoms with Crippen molar-refractivity contribution in [2.75, 3.05) is 4.90 Å². The van der Waals surface area contributed by atoms with Gasteiger partial charge in [0.05, 0.1) is 17.1 Å². The van der Waals surface area contributed by atoms with Crippen molar-refractivity contribution in [3.05, 3.63) is 71.8 Å². The largest absolute Gasteiger partial charge is 0.302 e. The minimum Gasteiger partial charge on any atom is -0.302 e. The molecule has 3 rings (SSSR count). The zero-order valence-corrected chi connectivity index (χ0v) is 14.9. The molecule has 0 aliphatic carbocycles. The molecule has 0 aromatic heterocycles. The van der Waals surface area contributed by atoms with Crippen molar-refractivity contribution in [3.8, 4) is 0 Å². The first-order chi connectivity index (χ1) is 11.5. The zero-order chi connectivity index (χ0) is 17.3. The molecule has 2 aromatic carbocycles. The predicted octanol–water partition coefficient (Wildman–Crippen LogP) is 5.41. The summed E-state index contributed by atoms with van der Waals surface area (Å²) in [6.07, 6.45) is 2.99. The quantitative estimate of drug-likeness (QED) is 0.741. The van der Waals surface area contributed by atoms with Crippen LogP contribution in [0.15, 0.2) is 60.7 Å². The lowest BCUT2D eigenvalue weighted by Gasteiger charge is -2.43. The van der Waals surface area contributed by atoms with Crippen LogP contribution < -0.4 is 4.90 Å². The van der Waals surface area contributed by atoms with Gasteiger partial charge >= 0.3 is 0 Å². The van der Waals surface area contributed by atoms with Crippen LogP contribution >= 0.6 is 0 Å². The molecule has 0 saturated carbocycles. The third kappa shape index (κ3) is 2.77. The van der Waals surface area contributed by atoms with Crippen LogP contribution in [-0.4, -0.2) is 11.4 Å². The van der Waals surface area contributed by atoms with Crippen LogP contribution in [0.4, 0.5) is 5.69 Å². The Labute approximate surface area is 144 Å². The van der Waals surface area contributed by atoms with Crippen molar-refractivity contribution in [3.63, 3.8) is 0 Å². The highest BCUT2D eigenvalue weighted by Crippen LogP contribution is 2.40. The lowest BCUT2D eigenvalue weighted by molar-refractivity contribution is -0.120. The first kappa shape index (κ1) is 16.5. The van der Waals surface area contributed by atoms with Gasteiger partial charge in [-0.2, -0.15) is 0 Å². The topological polar surface area (TPSA) is 20.3 Å². The predicted molar refractivity (Wildman–Crippen MR) is 101 cm³/mol. The summed E-state index contributed by atoms with van der Waals surface area (Å²) < 4.78 is 0. The molecule has 0 N–H and O–H groups in total. The molecule has 0 saturated heterocycles. The standard InChI is InChI=1S/C22H25NO/c1-5-18(17-11-7-6-8-12-17)21(24)23-20-14-10-9-13-19(20)16(2)15-22(23,3)4/h6-15,18H,5H2,1-4H3. The number of carbonyl (C=O) groups excluding carboxylic acids is 1. The molecule has 24 heavy (non-hydrogen) atoms. The molecule has 1 aliphatic rings. The summed E-state index contributed by atoms with van der Waals surface area (Å²) in [5, 5.41) is 0. The van der Waals surface area contributed by atoms with Crippen LogP contribution in [0.25, 0.3) is 5.57 Å². The fourth-order valence-electron chi connectivity index (χ4n) is 3.78. The van der Waals surface area contributed by atoms with Gasteiger partial charge in [0.2, 0.25) is 5.91 Å². The number of nitrogens with zero attached hydrogens (tertiary/aromatic N) is 1. The average Bonchev–Trinajstić information content (AvgIpc) is 2.56. The summed E-state index contributed by atoms with van der Waals surface area (Å²) in [5.41, 5.74) is 4.14. The maximum absolute atomic E-state index is 13.5. The molecule has 0 radical (unpaired) electrons. The summed E-state index contributed by atoms with van der Waals surface area (Å²) >= 11 is 0. The van der Waals surface area contributed by atoms with E-state index in [1.807, 2.05) is 35.2 Å². The minimum atomic E-state index is -0.336. The smallest absolute Gasteiger partial charge is 0.235 e. The van der Waals surface area contributed by atoms with Crippen LogP contribution in [0, 0.1) is 0 Å². The second-order valence-corrected chi connectivity index (χ2v) is 7.04. The molecule has 0 spiro atoms. The van der Waals surface area contributed by atoms with Crippen LogP contribution in [0.5, 0.6) is 0 Å². The number of rotatable bonds is 3. The molecule has 1 aliphatic heterocycles. The van der Waals surface area contributed by atoms with E-state index in [9.17, 15) is 4.79 Å².